The van der Waals surface area contributed by atoms with Crippen molar-refractivity contribution in [1.82, 2.24) is 0 Å². The van der Waals surface area contributed by atoms with Crippen LogP contribution in [0.3, 0.4) is 0 Å². The maximum Gasteiger partial charge on any atom is 0.363 e. The second-order valence-corrected chi connectivity index (χ2v) is 4.35. The van der Waals surface area contributed by atoms with E-state index in [2.05, 4.69) is 0 Å². The summed E-state index contributed by atoms with van der Waals surface area (Å²) in [5.41, 5.74) is 1.03. The van der Waals surface area contributed by atoms with Crippen molar-refractivity contribution in [3.63, 3.8) is 0 Å². The molecule has 0 amide bonds. The van der Waals surface area contributed by atoms with Crippen molar-refractivity contribution >= 4 is 23.1 Å². The highest BCUT2D eigenvalue weighted by Gasteiger charge is 2.09. The van der Waals surface area contributed by atoms with Crippen molar-refractivity contribution < 1.29 is 14.4 Å². The summed E-state index contributed by atoms with van der Waals surface area (Å²) in [4.78, 5) is 10.1. The van der Waals surface area contributed by atoms with Gasteiger partial charge in [0.2, 0.25) is 0 Å². The molecule has 5 nitrogen and oxygen atoms in total. The highest BCUT2D eigenvalue weighted by Crippen LogP contribution is 2.20. The number of nitro groups is 1. The Bertz CT molecular complexity index is 640. The first-order valence-corrected chi connectivity index (χ1v) is 6.16. The van der Waals surface area contributed by atoms with Crippen molar-refractivity contribution in [2.45, 2.75) is 6.92 Å². The average Bonchev–Trinajstić information content (AvgIpc) is 2.41. The lowest BCUT2D eigenvalue weighted by Gasteiger charge is -2.08. The van der Waals surface area contributed by atoms with Gasteiger partial charge in [-0.05, 0) is 25.1 Å². The Morgan fingerprint density at radius 1 is 1.10 bits per heavy atom. The van der Waals surface area contributed by atoms with Gasteiger partial charge in [0.15, 0.2) is 0 Å². The van der Waals surface area contributed by atoms with E-state index in [0.29, 0.717) is 5.75 Å². The van der Waals surface area contributed by atoms with Crippen LogP contribution in [-0.4, -0.2) is 10.2 Å². The lowest BCUT2D eigenvalue weighted by atomic mass is 10.2. The normalized spacial score (nSPS) is 9.85. The molecule has 0 aromatic heterocycles. The van der Waals surface area contributed by atoms with Gasteiger partial charge in [-0.3, -0.25) is 10.1 Å². The van der Waals surface area contributed by atoms with Crippen molar-refractivity contribution in [2.24, 2.45) is 0 Å². The molecule has 0 saturated heterocycles. The van der Waals surface area contributed by atoms with Crippen molar-refractivity contribution in [3.8, 4) is 11.5 Å². The first-order valence-electron chi connectivity index (χ1n) is 5.75. The van der Waals surface area contributed by atoms with Crippen LogP contribution in [0.15, 0.2) is 48.5 Å². The molecule has 6 heteroatoms. The second kappa shape index (κ2) is 6.12. The number of nitrogens with zero attached hydrogens (tertiary/aromatic N) is 1. The second-order valence-electron chi connectivity index (χ2n) is 4.02. The molecule has 0 aliphatic heterocycles. The van der Waals surface area contributed by atoms with Crippen LogP contribution in [0.1, 0.15) is 5.56 Å². The largest absolute Gasteiger partial charge is 0.417 e. The SMILES string of the molecule is Cc1ccc(OC(=S)Oc2cccc([N+](=O)[O-])c2)cc1. The van der Waals surface area contributed by atoms with Gasteiger partial charge in [0, 0.05) is 18.3 Å². The Morgan fingerprint density at radius 3 is 2.40 bits per heavy atom. The van der Waals surface area contributed by atoms with Crippen molar-refractivity contribution in [2.75, 3.05) is 0 Å². The molecular formula is C14H11NO4S. The molecule has 0 unspecified atom stereocenters. The van der Waals surface area contributed by atoms with E-state index in [9.17, 15) is 10.1 Å². The monoisotopic (exact) mass is 289 g/mol. The number of nitro benzene ring substituents is 1. The molecule has 0 spiro atoms. The fourth-order valence-electron chi connectivity index (χ4n) is 1.48. The number of hydrogen-bond acceptors (Lipinski definition) is 5. The molecule has 0 fully saturated rings. The van der Waals surface area contributed by atoms with Crippen LogP contribution in [0.5, 0.6) is 11.5 Å². The molecule has 0 aliphatic carbocycles. The Hall–Kier alpha value is -2.47. The van der Waals surface area contributed by atoms with E-state index < -0.39 is 4.92 Å². The first-order chi connectivity index (χ1) is 9.54. The minimum atomic E-state index is -0.503. The number of ether oxygens (including phenoxy) is 2. The van der Waals surface area contributed by atoms with Gasteiger partial charge in [0.25, 0.3) is 5.69 Å². The van der Waals surface area contributed by atoms with Crippen LogP contribution in [0, 0.1) is 17.0 Å². The maximum atomic E-state index is 10.6. The zero-order valence-electron chi connectivity index (χ0n) is 10.6. The minimum absolute atomic E-state index is 0.0689. The van der Waals surface area contributed by atoms with Crippen LogP contribution in [-0.2, 0) is 0 Å². The summed E-state index contributed by atoms with van der Waals surface area (Å²) in [6.45, 7) is 1.96. The molecule has 2 aromatic carbocycles. The van der Waals surface area contributed by atoms with Crippen LogP contribution < -0.4 is 9.47 Å². The van der Waals surface area contributed by atoms with Gasteiger partial charge in [-0.15, -0.1) is 0 Å². The molecule has 0 bridgehead atoms. The molecule has 20 heavy (non-hydrogen) atoms. The van der Waals surface area contributed by atoms with Crippen LogP contribution in [0.2, 0.25) is 0 Å². The van der Waals surface area contributed by atoms with Crippen molar-refractivity contribution in [1.29, 1.82) is 0 Å². The van der Waals surface area contributed by atoms with E-state index in [-0.39, 0.29) is 16.7 Å². The summed E-state index contributed by atoms with van der Waals surface area (Å²) in [6, 6.07) is 13.0. The van der Waals surface area contributed by atoms with E-state index in [4.69, 9.17) is 21.7 Å². The summed E-state index contributed by atoms with van der Waals surface area (Å²) in [7, 11) is 0. The van der Waals surface area contributed by atoms with Gasteiger partial charge in [-0.1, -0.05) is 23.8 Å². The lowest BCUT2D eigenvalue weighted by Crippen LogP contribution is -2.13. The molecule has 0 radical (unpaired) electrons. The summed E-state index contributed by atoms with van der Waals surface area (Å²) < 4.78 is 10.6. The molecule has 2 aromatic rings. The first kappa shape index (κ1) is 14.0. The van der Waals surface area contributed by atoms with Crippen LogP contribution >= 0.6 is 12.2 Å². The predicted molar refractivity (Wildman–Crippen MR) is 78.1 cm³/mol. The minimum Gasteiger partial charge on any atom is -0.417 e. The number of non-ortho nitro benzene ring substituents is 1. The number of aryl methyl sites for hydroxylation is 1. The quantitative estimate of drug-likeness (QED) is 0.490. The number of benzene rings is 2. The fraction of sp³-hybridized carbons (Fsp3) is 0.0714. The Kier molecular flexibility index (Phi) is 4.27. The zero-order chi connectivity index (χ0) is 14.5. The fourth-order valence-corrected chi connectivity index (χ4v) is 1.67. The van der Waals surface area contributed by atoms with Gasteiger partial charge >= 0.3 is 5.24 Å². The Morgan fingerprint density at radius 2 is 1.75 bits per heavy atom. The summed E-state index contributed by atoms with van der Waals surface area (Å²) >= 11 is 4.95. The Labute approximate surface area is 120 Å². The van der Waals surface area contributed by atoms with Gasteiger partial charge in [-0.2, -0.15) is 0 Å². The lowest BCUT2D eigenvalue weighted by molar-refractivity contribution is -0.384. The number of hydrogen-bond donors (Lipinski definition) is 0. The molecule has 102 valence electrons. The van der Waals surface area contributed by atoms with Crippen molar-refractivity contribution in [3.05, 3.63) is 64.2 Å². The number of rotatable bonds is 3. The number of thiocarbonyl (C=S) groups is 1. The zero-order valence-corrected chi connectivity index (χ0v) is 11.4. The molecule has 0 aliphatic rings. The van der Waals surface area contributed by atoms with Gasteiger partial charge in [0.05, 0.1) is 11.0 Å². The molecular weight excluding hydrogens is 278 g/mol. The highest BCUT2D eigenvalue weighted by molar-refractivity contribution is 7.79. The summed E-state index contributed by atoms with van der Waals surface area (Å²) in [6.07, 6.45) is 0. The van der Waals surface area contributed by atoms with E-state index in [1.807, 2.05) is 19.1 Å². The summed E-state index contributed by atoms with van der Waals surface area (Å²) in [5.74, 6) is 0.808. The maximum absolute atomic E-state index is 10.6. The summed E-state index contributed by atoms with van der Waals surface area (Å²) in [5, 5.41) is 10.5. The van der Waals surface area contributed by atoms with E-state index >= 15 is 0 Å². The van der Waals surface area contributed by atoms with Gasteiger partial charge in [-0.25, -0.2) is 0 Å². The smallest absolute Gasteiger partial charge is 0.363 e. The van der Waals surface area contributed by atoms with E-state index in [0.717, 1.165) is 5.56 Å². The highest BCUT2D eigenvalue weighted by atomic mass is 32.1. The Balaban J connectivity index is 2.02. The molecule has 0 saturated carbocycles. The van der Waals surface area contributed by atoms with E-state index in [1.165, 1.54) is 18.2 Å². The van der Waals surface area contributed by atoms with E-state index in [1.54, 1.807) is 18.2 Å². The van der Waals surface area contributed by atoms with Crippen LogP contribution in [0.25, 0.3) is 0 Å². The molecule has 0 heterocycles. The third-order valence-electron chi connectivity index (χ3n) is 2.45. The third-order valence-corrected chi connectivity index (χ3v) is 2.62. The van der Waals surface area contributed by atoms with Gasteiger partial charge < -0.3 is 9.47 Å². The predicted octanol–water partition coefficient (Wildman–Crippen LogP) is 3.65. The molecule has 0 N–H and O–H groups in total. The standard InChI is InChI=1S/C14H11NO4S/c1-10-5-7-12(8-6-10)18-14(20)19-13-4-2-3-11(9-13)15(16)17/h2-9H,1H3. The van der Waals surface area contributed by atoms with Crippen LogP contribution in [0.4, 0.5) is 5.69 Å². The third kappa shape index (κ3) is 3.76. The molecule has 2 rings (SSSR count). The average molecular weight is 289 g/mol. The van der Waals surface area contributed by atoms with Gasteiger partial charge in [0.1, 0.15) is 11.5 Å². The molecule has 0 atom stereocenters. The topological polar surface area (TPSA) is 61.6 Å².